The number of hydrogen-bond donors (Lipinski definition) is 1. The van der Waals surface area contributed by atoms with E-state index in [2.05, 4.69) is 32.5 Å². The Hall–Kier alpha value is -3.39. The molecule has 112 valence electrons. The Bertz CT molecular complexity index is 948. The van der Waals surface area contributed by atoms with E-state index < -0.39 is 5.54 Å². The van der Waals surface area contributed by atoms with Crippen molar-refractivity contribution < 1.29 is 0 Å². The van der Waals surface area contributed by atoms with Gasteiger partial charge in [-0.25, -0.2) is 0 Å². The molecule has 23 heavy (non-hydrogen) atoms. The summed E-state index contributed by atoms with van der Waals surface area (Å²) in [7, 11) is 0. The van der Waals surface area contributed by atoms with Crippen LogP contribution in [0.5, 0.6) is 0 Å². The molecule has 3 aromatic heterocycles. The van der Waals surface area contributed by atoms with Gasteiger partial charge in [0.2, 0.25) is 0 Å². The topological polar surface area (TPSA) is 110 Å². The lowest BCUT2D eigenvalue weighted by molar-refractivity contribution is 0.0505. The number of H-pyrrole nitrogens is 1. The molecule has 4 rings (SSSR count). The molecule has 0 spiro atoms. The maximum atomic E-state index is 9.11. The van der Waals surface area contributed by atoms with Crippen LogP contribution in [0.3, 0.4) is 0 Å². The summed E-state index contributed by atoms with van der Waals surface area (Å²) in [6, 6.07) is 4.15. The van der Waals surface area contributed by atoms with Gasteiger partial charge < -0.3 is 9.88 Å². The average Bonchev–Trinajstić information content (AvgIpc) is 3.18. The Morgan fingerprint density at radius 2 is 2.17 bits per heavy atom. The summed E-state index contributed by atoms with van der Waals surface area (Å²) in [6.07, 6.45) is 9.62. The van der Waals surface area contributed by atoms with Gasteiger partial charge in [0.1, 0.15) is 5.54 Å². The Labute approximate surface area is 131 Å². The molecule has 1 aliphatic rings. The van der Waals surface area contributed by atoms with Gasteiger partial charge in [-0.05, 0) is 6.07 Å². The van der Waals surface area contributed by atoms with E-state index in [1.165, 1.54) is 0 Å². The molecule has 8 heteroatoms. The van der Waals surface area contributed by atoms with Gasteiger partial charge in [-0.15, -0.1) is 5.10 Å². The first-order valence-corrected chi connectivity index (χ1v) is 7.12. The number of likely N-dealkylation sites (tertiary alicyclic amines) is 1. The molecule has 0 bridgehead atoms. The molecule has 0 atom stereocenters. The maximum absolute atomic E-state index is 9.11. The van der Waals surface area contributed by atoms with Crippen molar-refractivity contribution in [2.45, 2.75) is 12.0 Å². The fraction of sp³-hybridized carbons (Fsp3) is 0.267. The first kappa shape index (κ1) is 13.3. The van der Waals surface area contributed by atoms with Gasteiger partial charge in [-0.3, -0.25) is 4.68 Å². The van der Waals surface area contributed by atoms with Crippen LogP contribution in [-0.2, 0) is 5.54 Å². The number of aromatic nitrogens is 5. The SMILES string of the molecule is N#CCC1(n2cc(-c3cnnc4[nH]ccc34)cn2)CN(C#N)C1. The van der Waals surface area contributed by atoms with E-state index in [1.807, 2.05) is 18.5 Å². The van der Waals surface area contributed by atoms with Crippen LogP contribution in [0.1, 0.15) is 6.42 Å². The third-order valence-electron chi connectivity index (χ3n) is 4.26. The zero-order valence-electron chi connectivity index (χ0n) is 12.1. The third-order valence-corrected chi connectivity index (χ3v) is 4.26. The van der Waals surface area contributed by atoms with E-state index in [-0.39, 0.29) is 0 Å². The largest absolute Gasteiger partial charge is 0.345 e. The number of nitrogens with zero attached hydrogens (tertiary/aromatic N) is 7. The molecule has 1 fully saturated rings. The molecule has 8 nitrogen and oxygen atoms in total. The van der Waals surface area contributed by atoms with Crippen LogP contribution >= 0.6 is 0 Å². The van der Waals surface area contributed by atoms with E-state index in [1.54, 1.807) is 22.0 Å². The first-order valence-electron chi connectivity index (χ1n) is 7.12. The highest BCUT2D eigenvalue weighted by molar-refractivity contribution is 5.91. The second kappa shape index (κ2) is 4.82. The van der Waals surface area contributed by atoms with Crippen LogP contribution in [0, 0.1) is 22.8 Å². The van der Waals surface area contributed by atoms with Crippen molar-refractivity contribution in [3.05, 3.63) is 30.9 Å². The lowest BCUT2D eigenvalue weighted by Gasteiger charge is -2.46. The van der Waals surface area contributed by atoms with E-state index in [0.717, 1.165) is 22.2 Å². The van der Waals surface area contributed by atoms with Crippen LogP contribution in [0.15, 0.2) is 30.9 Å². The number of fused-ring (bicyclic) bond motifs is 1. The number of rotatable bonds is 3. The molecule has 0 saturated carbocycles. The molecular formula is C15H12N8. The molecule has 1 N–H and O–H groups in total. The maximum Gasteiger partial charge on any atom is 0.179 e. The van der Waals surface area contributed by atoms with Gasteiger partial charge in [-0.2, -0.15) is 20.7 Å². The first-order chi connectivity index (χ1) is 11.3. The zero-order valence-corrected chi connectivity index (χ0v) is 12.1. The van der Waals surface area contributed by atoms with Gasteiger partial charge in [0.05, 0.1) is 38.0 Å². The zero-order chi connectivity index (χ0) is 15.9. The summed E-state index contributed by atoms with van der Waals surface area (Å²) in [5, 5.41) is 31.5. The second-order valence-electron chi connectivity index (χ2n) is 5.69. The van der Waals surface area contributed by atoms with Crippen molar-refractivity contribution >= 4 is 11.0 Å². The molecule has 0 aliphatic carbocycles. The highest BCUT2D eigenvalue weighted by atomic mass is 15.4. The predicted molar refractivity (Wildman–Crippen MR) is 80.5 cm³/mol. The van der Waals surface area contributed by atoms with Gasteiger partial charge in [-0.1, -0.05) is 0 Å². The van der Waals surface area contributed by atoms with Crippen molar-refractivity contribution in [1.29, 1.82) is 10.5 Å². The Balaban J connectivity index is 1.74. The Morgan fingerprint density at radius 1 is 1.30 bits per heavy atom. The molecule has 3 aromatic rings. The standard InChI is InChI=1S/C15H12N8/c16-3-2-15(8-22(9-15)10-17)23-7-11(5-20-23)13-6-19-21-14-12(13)1-4-18-14/h1,4-7H,2,8-9H2,(H,18,21). The number of nitriles is 2. The van der Waals surface area contributed by atoms with Crippen LogP contribution in [0.25, 0.3) is 22.2 Å². The summed E-state index contributed by atoms with van der Waals surface area (Å²) in [5.74, 6) is 0. The molecule has 0 unspecified atom stereocenters. The molecule has 0 aromatic carbocycles. The fourth-order valence-corrected chi connectivity index (χ4v) is 3.05. The van der Waals surface area contributed by atoms with Gasteiger partial charge >= 0.3 is 0 Å². The highest BCUT2D eigenvalue weighted by Gasteiger charge is 2.45. The van der Waals surface area contributed by atoms with Crippen LogP contribution < -0.4 is 0 Å². The lowest BCUT2D eigenvalue weighted by atomic mass is 9.87. The Kier molecular flexibility index (Phi) is 2.78. The monoisotopic (exact) mass is 304 g/mol. The summed E-state index contributed by atoms with van der Waals surface area (Å²) < 4.78 is 1.80. The number of hydrogen-bond acceptors (Lipinski definition) is 6. The quantitative estimate of drug-likeness (QED) is 0.729. The van der Waals surface area contributed by atoms with E-state index >= 15 is 0 Å². The van der Waals surface area contributed by atoms with E-state index in [9.17, 15) is 0 Å². The van der Waals surface area contributed by atoms with Crippen molar-refractivity contribution in [1.82, 2.24) is 29.9 Å². The lowest BCUT2D eigenvalue weighted by Crippen LogP contribution is -2.60. The molecule has 4 heterocycles. The Morgan fingerprint density at radius 3 is 2.96 bits per heavy atom. The minimum Gasteiger partial charge on any atom is -0.345 e. The summed E-state index contributed by atoms with van der Waals surface area (Å²) in [5.41, 5.74) is 2.14. The number of nitrogens with one attached hydrogen (secondary N) is 1. The average molecular weight is 304 g/mol. The minimum atomic E-state index is -0.430. The van der Waals surface area contributed by atoms with Crippen LogP contribution in [0.2, 0.25) is 0 Å². The minimum absolute atomic E-state index is 0.320. The van der Waals surface area contributed by atoms with Crippen LogP contribution in [0.4, 0.5) is 0 Å². The van der Waals surface area contributed by atoms with E-state index in [4.69, 9.17) is 10.5 Å². The molecule has 1 saturated heterocycles. The third kappa shape index (κ3) is 1.93. The smallest absolute Gasteiger partial charge is 0.179 e. The van der Waals surface area contributed by atoms with Crippen molar-refractivity contribution in [2.24, 2.45) is 0 Å². The second-order valence-corrected chi connectivity index (χ2v) is 5.69. The van der Waals surface area contributed by atoms with Gasteiger partial charge in [0.15, 0.2) is 11.8 Å². The fourth-order valence-electron chi connectivity index (χ4n) is 3.05. The number of aromatic amines is 1. The van der Waals surface area contributed by atoms with Gasteiger partial charge in [0, 0.05) is 28.9 Å². The van der Waals surface area contributed by atoms with Crippen molar-refractivity contribution in [3.8, 4) is 23.4 Å². The molecule has 0 radical (unpaired) electrons. The van der Waals surface area contributed by atoms with Gasteiger partial charge in [0.25, 0.3) is 0 Å². The van der Waals surface area contributed by atoms with Crippen molar-refractivity contribution in [2.75, 3.05) is 13.1 Å². The summed E-state index contributed by atoms with van der Waals surface area (Å²) >= 11 is 0. The predicted octanol–water partition coefficient (Wildman–Crippen LogP) is 1.23. The molecule has 0 amide bonds. The van der Waals surface area contributed by atoms with Crippen LogP contribution in [-0.4, -0.2) is 43.0 Å². The van der Waals surface area contributed by atoms with E-state index in [0.29, 0.717) is 19.5 Å². The molecule has 1 aliphatic heterocycles. The highest BCUT2D eigenvalue weighted by Crippen LogP contribution is 2.33. The molecular weight excluding hydrogens is 292 g/mol. The summed E-state index contributed by atoms with van der Waals surface area (Å²) in [6.45, 7) is 1.01. The van der Waals surface area contributed by atoms with Crippen molar-refractivity contribution in [3.63, 3.8) is 0 Å². The summed E-state index contributed by atoms with van der Waals surface area (Å²) in [4.78, 5) is 4.66. The normalized spacial score (nSPS) is 15.8.